The molecule has 0 aliphatic carbocycles. The van der Waals surface area contributed by atoms with Gasteiger partial charge in [-0.15, -0.1) is 0 Å². The molecule has 0 saturated carbocycles. The van der Waals surface area contributed by atoms with Gasteiger partial charge >= 0.3 is 0 Å². The van der Waals surface area contributed by atoms with E-state index < -0.39 is 0 Å². The molecule has 1 aromatic heterocycles. The summed E-state index contributed by atoms with van der Waals surface area (Å²) in [6.45, 7) is 5.95. The Labute approximate surface area is 123 Å². The van der Waals surface area contributed by atoms with Crippen molar-refractivity contribution in [1.29, 1.82) is 0 Å². The summed E-state index contributed by atoms with van der Waals surface area (Å²) in [4.78, 5) is 0. The van der Waals surface area contributed by atoms with E-state index in [9.17, 15) is 0 Å². The molecular weight excluding hydrogens is 274 g/mol. The maximum atomic E-state index is 6.19. The van der Waals surface area contributed by atoms with Gasteiger partial charge in [0.2, 0.25) is 0 Å². The van der Waals surface area contributed by atoms with Crippen LogP contribution in [0.4, 0.5) is 0 Å². The van der Waals surface area contributed by atoms with Crippen LogP contribution in [0.2, 0.25) is 5.02 Å². The normalized spacial score (nSPS) is 13.4. The van der Waals surface area contributed by atoms with E-state index in [4.69, 9.17) is 22.1 Å². The molecule has 0 atom stereocenters. The quantitative estimate of drug-likeness (QED) is 0.946. The highest BCUT2D eigenvalue weighted by Gasteiger charge is 2.19. The Kier molecular flexibility index (Phi) is 3.44. The Hall–Kier alpha value is -1.52. The van der Waals surface area contributed by atoms with Crippen LogP contribution in [-0.2, 0) is 19.5 Å². The van der Waals surface area contributed by atoms with Gasteiger partial charge < -0.3 is 10.5 Å². The largest absolute Gasteiger partial charge is 0.493 e. The topological polar surface area (TPSA) is 53.1 Å². The number of hydrogen-bond acceptors (Lipinski definition) is 3. The van der Waals surface area contributed by atoms with Crippen LogP contribution in [0.25, 0.3) is 0 Å². The van der Waals surface area contributed by atoms with Crippen molar-refractivity contribution in [1.82, 2.24) is 9.78 Å². The Morgan fingerprint density at radius 2 is 2.20 bits per heavy atom. The second-order valence-electron chi connectivity index (χ2n) is 5.16. The molecule has 106 valence electrons. The van der Waals surface area contributed by atoms with Crippen molar-refractivity contribution in [2.24, 2.45) is 5.73 Å². The number of hydrogen-bond donors (Lipinski definition) is 1. The van der Waals surface area contributed by atoms with Crippen molar-refractivity contribution in [3.8, 4) is 5.75 Å². The molecule has 3 rings (SSSR count). The van der Waals surface area contributed by atoms with Crippen molar-refractivity contribution in [2.45, 2.75) is 33.4 Å². The molecule has 0 bridgehead atoms. The van der Waals surface area contributed by atoms with Gasteiger partial charge in [0.25, 0.3) is 0 Å². The molecule has 1 aliphatic rings. The SMILES string of the molecule is Cc1nn(Cc2cc(Cl)cc3c2OCC3)c(C)c1CN. The van der Waals surface area contributed by atoms with Crippen LogP contribution in [0, 0.1) is 13.8 Å². The minimum Gasteiger partial charge on any atom is -0.493 e. The molecule has 20 heavy (non-hydrogen) atoms. The van der Waals surface area contributed by atoms with E-state index in [0.29, 0.717) is 13.1 Å². The number of benzene rings is 1. The van der Waals surface area contributed by atoms with Crippen molar-refractivity contribution in [3.63, 3.8) is 0 Å². The molecule has 2 N–H and O–H groups in total. The van der Waals surface area contributed by atoms with Gasteiger partial charge in [0.1, 0.15) is 5.75 Å². The van der Waals surface area contributed by atoms with Gasteiger partial charge in [-0.1, -0.05) is 11.6 Å². The van der Waals surface area contributed by atoms with Crippen LogP contribution >= 0.6 is 11.6 Å². The van der Waals surface area contributed by atoms with Gasteiger partial charge in [-0.25, -0.2) is 0 Å². The second-order valence-corrected chi connectivity index (χ2v) is 5.60. The Bertz CT molecular complexity index is 664. The fraction of sp³-hybridized carbons (Fsp3) is 0.400. The van der Waals surface area contributed by atoms with Crippen LogP contribution in [0.3, 0.4) is 0 Å². The molecule has 2 aromatic rings. The Balaban J connectivity index is 2.00. The second kappa shape index (κ2) is 5.11. The zero-order valence-electron chi connectivity index (χ0n) is 11.7. The maximum Gasteiger partial charge on any atom is 0.127 e. The number of nitrogens with zero attached hydrogens (tertiary/aromatic N) is 2. The molecule has 5 heteroatoms. The van der Waals surface area contributed by atoms with E-state index >= 15 is 0 Å². The molecule has 2 heterocycles. The third-order valence-electron chi connectivity index (χ3n) is 3.88. The summed E-state index contributed by atoms with van der Waals surface area (Å²) in [6.07, 6.45) is 0.925. The fourth-order valence-electron chi connectivity index (χ4n) is 2.81. The van der Waals surface area contributed by atoms with Crippen molar-refractivity contribution < 1.29 is 4.74 Å². The van der Waals surface area contributed by atoms with E-state index in [1.807, 2.05) is 30.7 Å². The van der Waals surface area contributed by atoms with Crippen LogP contribution in [0.1, 0.15) is 28.1 Å². The predicted octanol–water partition coefficient (Wildman–Crippen LogP) is 2.60. The summed E-state index contributed by atoms with van der Waals surface area (Å²) in [5.41, 5.74) is 11.3. The summed E-state index contributed by atoms with van der Waals surface area (Å²) < 4.78 is 7.71. The van der Waals surface area contributed by atoms with Gasteiger partial charge in [0.15, 0.2) is 0 Å². The minimum atomic E-state index is 0.516. The number of nitrogens with two attached hydrogens (primary N) is 1. The van der Waals surface area contributed by atoms with Crippen LogP contribution in [-0.4, -0.2) is 16.4 Å². The molecule has 0 radical (unpaired) electrons. The van der Waals surface area contributed by atoms with Crippen molar-refractivity contribution in [2.75, 3.05) is 6.61 Å². The highest BCUT2D eigenvalue weighted by atomic mass is 35.5. The molecule has 0 fully saturated rings. The molecule has 1 aliphatic heterocycles. The van der Waals surface area contributed by atoms with E-state index in [1.165, 1.54) is 5.56 Å². The molecule has 0 saturated heterocycles. The van der Waals surface area contributed by atoms with E-state index in [0.717, 1.165) is 46.3 Å². The highest BCUT2D eigenvalue weighted by Crippen LogP contribution is 2.33. The third-order valence-corrected chi connectivity index (χ3v) is 4.10. The fourth-order valence-corrected chi connectivity index (χ4v) is 3.07. The molecule has 1 aromatic carbocycles. The van der Waals surface area contributed by atoms with Crippen LogP contribution < -0.4 is 10.5 Å². The van der Waals surface area contributed by atoms with E-state index in [2.05, 4.69) is 5.10 Å². The average molecular weight is 292 g/mol. The van der Waals surface area contributed by atoms with Crippen LogP contribution in [0.5, 0.6) is 5.75 Å². The summed E-state index contributed by atoms with van der Waals surface area (Å²) in [6, 6.07) is 3.95. The number of aryl methyl sites for hydroxylation is 1. The minimum absolute atomic E-state index is 0.516. The lowest BCUT2D eigenvalue weighted by molar-refractivity contribution is 0.352. The van der Waals surface area contributed by atoms with Gasteiger partial charge in [0.05, 0.1) is 18.8 Å². The molecular formula is C15H18ClN3O. The highest BCUT2D eigenvalue weighted by molar-refractivity contribution is 6.30. The lowest BCUT2D eigenvalue weighted by atomic mass is 10.1. The number of halogens is 1. The van der Waals surface area contributed by atoms with E-state index in [1.54, 1.807) is 0 Å². The standard InChI is InChI=1S/C15H18ClN3O/c1-9-14(7-17)10(2)19(18-9)8-12-6-13(16)5-11-3-4-20-15(11)12/h5-6H,3-4,7-8,17H2,1-2H3. The zero-order valence-corrected chi connectivity index (χ0v) is 12.5. The lowest BCUT2D eigenvalue weighted by Crippen LogP contribution is -2.06. The van der Waals surface area contributed by atoms with Crippen molar-refractivity contribution >= 4 is 11.6 Å². The number of ether oxygens (including phenoxy) is 1. The summed E-state index contributed by atoms with van der Waals surface area (Å²) in [5.74, 6) is 0.969. The Morgan fingerprint density at radius 1 is 1.40 bits per heavy atom. The van der Waals surface area contributed by atoms with Gasteiger partial charge in [-0.3, -0.25) is 4.68 Å². The summed E-state index contributed by atoms with van der Waals surface area (Å²) in [7, 11) is 0. The van der Waals surface area contributed by atoms with Crippen LogP contribution in [0.15, 0.2) is 12.1 Å². The summed E-state index contributed by atoms with van der Waals surface area (Å²) >= 11 is 6.19. The molecule has 4 nitrogen and oxygen atoms in total. The molecule has 0 amide bonds. The van der Waals surface area contributed by atoms with Gasteiger partial charge in [0, 0.05) is 34.8 Å². The molecule has 0 unspecified atom stereocenters. The lowest BCUT2D eigenvalue weighted by Gasteiger charge is -2.10. The first-order valence-corrected chi connectivity index (χ1v) is 7.15. The molecule has 0 spiro atoms. The van der Waals surface area contributed by atoms with Crippen molar-refractivity contribution in [3.05, 3.63) is 45.2 Å². The third kappa shape index (κ3) is 2.19. The maximum absolute atomic E-state index is 6.19. The number of rotatable bonds is 3. The monoisotopic (exact) mass is 291 g/mol. The number of aromatic nitrogens is 2. The number of fused-ring (bicyclic) bond motifs is 1. The smallest absolute Gasteiger partial charge is 0.127 e. The first kappa shape index (κ1) is 13.5. The Morgan fingerprint density at radius 3 is 2.90 bits per heavy atom. The first-order chi connectivity index (χ1) is 9.60. The predicted molar refractivity (Wildman–Crippen MR) is 79.3 cm³/mol. The zero-order chi connectivity index (χ0) is 14.3. The van der Waals surface area contributed by atoms with E-state index in [-0.39, 0.29) is 0 Å². The van der Waals surface area contributed by atoms with Gasteiger partial charge in [-0.05, 0) is 31.5 Å². The van der Waals surface area contributed by atoms with Gasteiger partial charge in [-0.2, -0.15) is 5.10 Å². The average Bonchev–Trinajstić information content (AvgIpc) is 2.95. The first-order valence-electron chi connectivity index (χ1n) is 6.77. The summed E-state index contributed by atoms with van der Waals surface area (Å²) in [5, 5.41) is 5.32.